The van der Waals surface area contributed by atoms with Gasteiger partial charge in [-0.3, -0.25) is 4.79 Å². The van der Waals surface area contributed by atoms with Crippen LogP contribution < -0.4 is 14.8 Å². The van der Waals surface area contributed by atoms with Gasteiger partial charge in [0, 0.05) is 29.1 Å². The molecule has 0 unspecified atom stereocenters. The highest BCUT2D eigenvalue weighted by atomic mass is 79.9. The predicted molar refractivity (Wildman–Crippen MR) is 91.0 cm³/mol. The molecular weight excluding hydrogens is 358 g/mol. The Morgan fingerprint density at radius 3 is 2.57 bits per heavy atom. The Bertz CT molecular complexity index is 769. The van der Waals surface area contributed by atoms with Crippen molar-refractivity contribution in [3.8, 4) is 11.5 Å². The third kappa shape index (κ3) is 2.70. The molecule has 2 aromatic carbocycles. The van der Waals surface area contributed by atoms with Gasteiger partial charge in [0.15, 0.2) is 11.5 Å². The van der Waals surface area contributed by atoms with Gasteiger partial charge in [0.05, 0.1) is 5.56 Å². The van der Waals surface area contributed by atoms with E-state index in [0.29, 0.717) is 17.0 Å². The van der Waals surface area contributed by atoms with Crippen molar-refractivity contribution in [1.82, 2.24) is 0 Å². The molecule has 1 spiro atoms. The van der Waals surface area contributed by atoms with Crippen molar-refractivity contribution in [2.75, 3.05) is 5.32 Å². The van der Waals surface area contributed by atoms with E-state index in [1.165, 1.54) is 0 Å². The molecule has 0 aromatic heterocycles. The van der Waals surface area contributed by atoms with Crippen molar-refractivity contribution >= 4 is 27.5 Å². The quantitative estimate of drug-likeness (QED) is 0.826. The van der Waals surface area contributed by atoms with Crippen molar-refractivity contribution in [1.29, 1.82) is 0 Å². The summed E-state index contributed by atoms with van der Waals surface area (Å²) in [7, 11) is 0. The Morgan fingerprint density at radius 2 is 1.78 bits per heavy atom. The average molecular weight is 374 g/mol. The molecule has 1 aliphatic heterocycles. The van der Waals surface area contributed by atoms with Gasteiger partial charge in [-0.25, -0.2) is 0 Å². The van der Waals surface area contributed by atoms with Gasteiger partial charge in [-0.2, -0.15) is 0 Å². The maximum atomic E-state index is 12.4. The van der Waals surface area contributed by atoms with Crippen LogP contribution in [0.4, 0.5) is 5.69 Å². The van der Waals surface area contributed by atoms with Gasteiger partial charge in [-0.05, 0) is 53.0 Å². The van der Waals surface area contributed by atoms with Gasteiger partial charge in [-0.15, -0.1) is 0 Å². The van der Waals surface area contributed by atoms with Crippen molar-refractivity contribution < 1.29 is 14.3 Å². The van der Waals surface area contributed by atoms with Crippen LogP contribution in [0.1, 0.15) is 36.0 Å². The molecule has 1 heterocycles. The van der Waals surface area contributed by atoms with E-state index >= 15 is 0 Å². The second kappa shape index (κ2) is 5.57. The third-order valence-electron chi connectivity index (χ3n) is 4.28. The molecule has 4 nitrogen and oxygen atoms in total. The number of carbonyl (C=O) groups excluding carboxylic acids is 1. The molecular formula is C18H16BrNO3. The lowest BCUT2D eigenvalue weighted by atomic mass is 10.2. The summed E-state index contributed by atoms with van der Waals surface area (Å²) >= 11 is 3.39. The molecule has 0 radical (unpaired) electrons. The van der Waals surface area contributed by atoms with Gasteiger partial charge in [-0.1, -0.05) is 12.1 Å². The summed E-state index contributed by atoms with van der Waals surface area (Å²) in [6, 6.07) is 12.9. The SMILES string of the molecule is O=C(Nc1ccc2c(c1)OC1(CCCC1)O2)c1ccccc1Br. The zero-order valence-electron chi connectivity index (χ0n) is 12.5. The van der Waals surface area contributed by atoms with Gasteiger partial charge >= 0.3 is 0 Å². The number of anilines is 1. The minimum atomic E-state index is -0.479. The number of hydrogen-bond acceptors (Lipinski definition) is 3. The number of carbonyl (C=O) groups is 1. The zero-order valence-corrected chi connectivity index (χ0v) is 14.1. The van der Waals surface area contributed by atoms with Gasteiger partial charge in [0.2, 0.25) is 0 Å². The highest BCUT2D eigenvalue weighted by Gasteiger charge is 2.44. The molecule has 0 saturated heterocycles. The lowest BCUT2D eigenvalue weighted by Crippen LogP contribution is -2.34. The number of rotatable bonds is 2. The molecule has 2 aromatic rings. The van der Waals surface area contributed by atoms with Crippen LogP contribution in [0.5, 0.6) is 11.5 Å². The van der Waals surface area contributed by atoms with Crippen molar-refractivity contribution in [2.45, 2.75) is 31.5 Å². The van der Waals surface area contributed by atoms with Crippen LogP contribution in [0.2, 0.25) is 0 Å². The smallest absolute Gasteiger partial charge is 0.256 e. The van der Waals surface area contributed by atoms with E-state index in [9.17, 15) is 4.79 Å². The Kier molecular flexibility index (Phi) is 3.53. The molecule has 5 heteroatoms. The van der Waals surface area contributed by atoms with Gasteiger partial charge in [0.1, 0.15) is 0 Å². The summed E-state index contributed by atoms with van der Waals surface area (Å²) in [5, 5.41) is 2.90. The first-order chi connectivity index (χ1) is 11.2. The van der Waals surface area contributed by atoms with E-state index in [1.807, 2.05) is 36.4 Å². The van der Waals surface area contributed by atoms with Crippen molar-refractivity contribution in [3.63, 3.8) is 0 Å². The summed E-state index contributed by atoms with van der Waals surface area (Å²) < 4.78 is 12.8. The molecule has 1 amide bonds. The number of fused-ring (bicyclic) bond motifs is 1. The molecule has 0 bridgehead atoms. The van der Waals surface area contributed by atoms with E-state index in [0.717, 1.165) is 35.9 Å². The second-order valence-corrected chi connectivity index (χ2v) is 6.77. The normalized spacial score (nSPS) is 17.4. The number of benzene rings is 2. The third-order valence-corrected chi connectivity index (χ3v) is 4.97. The Balaban J connectivity index is 1.54. The molecule has 1 N–H and O–H groups in total. The summed E-state index contributed by atoms with van der Waals surface area (Å²) in [6.45, 7) is 0. The molecule has 118 valence electrons. The van der Waals surface area contributed by atoms with Gasteiger partial charge < -0.3 is 14.8 Å². The number of amides is 1. The van der Waals surface area contributed by atoms with Crippen LogP contribution in [0.15, 0.2) is 46.9 Å². The number of nitrogens with one attached hydrogen (secondary N) is 1. The van der Waals surface area contributed by atoms with E-state index in [4.69, 9.17) is 9.47 Å². The van der Waals surface area contributed by atoms with E-state index in [-0.39, 0.29) is 5.91 Å². The van der Waals surface area contributed by atoms with Crippen LogP contribution >= 0.6 is 15.9 Å². The first kappa shape index (κ1) is 14.6. The number of ether oxygens (including phenoxy) is 2. The van der Waals surface area contributed by atoms with Crippen LogP contribution in [-0.4, -0.2) is 11.7 Å². The van der Waals surface area contributed by atoms with Gasteiger partial charge in [0.25, 0.3) is 11.7 Å². The second-order valence-electron chi connectivity index (χ2n) is 5.92. The minimum absolute atomic E-state index is 0.160. The largest absolute Gasteiger partial charge is 0.448 e. The molecule has 0 atom stereocenters. The maximum Gasteiger partial charge on any atom is 0.256 e. The Hall–Kier alpha value is -2.01. The van der Waals surface area contributed by atoms with E-state index in [1.54, 1.807) is 6.07 Å². The molecule has 1 saturated carbocycles. The predicted octanol–water partition coefficient (Wildman–Crippen LogP) is 4.74. The first-order valence-corrected chi connectivity index (χ1v) is 8.53. The summed E-state index contributed by atoms with van der Waals surface area (Å²) in [5.74, 6) is 0.822. The topological polar surface area (TPSA) is 47.6 Å². The standard InChI is InChI=1S/C18H16BrNO3/c19-14-6-2-1-5-13(14)17(21)20-12-7-8-15-16(11-12)23-18(22-15)9-3-4-10-18/h1-2,5-8,11H,3-4,9-10H2,(H,20,21). The van der Waals surface area contributed by atoms with E-state index in [2.05, 4.69) is 21.2 Å². The summed E-state index contributed by atoms with van der Waals surface area (Å²) in [5.41, 5.74) is 1.29. The average Bonchev–Trinajstić information content (AvgIpc) is 3.13. The lowest BCUT2D eigenvalue weighted by Gasteiger charge is -2.21. The van der Waals surface area contributed by atoms with Crippen LogP contribution in [0, 0.1) is 0 Å². The van der Waals surface area contributed by atoms with Crippen molar-refractivity contribution in [2.24, 2.45) is 0 Å². The molecule has 23 heavy (non-hydrogen) atoms. The molecule has 2 aliphatic rings. The fraction of sp³-hybridized carbons (Fsp3) is 0.278. The fourth-order valence-electron chi connectivity index (χ4n) is 3.13. The highest BCUT2D eigenvalue weighted by Crippen LogP contribution is 2.47. The molecule has 1 aliphatic carbocycles. The molecule has 4 rings (SSSR count). The number of halogens is 1. The van der Waals surface area contributed by atoms with Crippen molar-refractivity contribution in [3.05, 3.63) is 52.5 Å². The summed E-state index contributed by atoms with van der Waals surface area (Å²) in [4.78, 5) is 12.4. The minimum Gasteiger partial charge on any atom is -0.448 e. The highest BCUT2D eigenvalue weighted by molar-refractivity contribution is 9.10. The maximum absolute atomic E-state index is 12.4. The fourth-order valence-corrected chi connectivity index (χ4v) is 3.60. The Morgan fingerprint density at radius 1 is 1.04 bits per heavy atom. The van der Waals surface area contributed by atoms with E-state index < -0.39 is 5.79 Å². The molecule has 1 fully saturated rings. The summed E-state index contributed by atoms with van der Waals surface area (Å²) in [6.07, 6.45) is 4.08. The monoisotopic (exact) mass is 373 g/mol. The van der Waals surface area contributed by atoms with Crippen LogP contribution in [0.3, 0.4) is 0 Å². The Labute approximate surface area is 142 Å². The zero-order chi connectivity index (χ0) is 15.9. The number of hydrogen-bond donors (Lipinski definition) is 1. The van der Waals surface area contributed by atoms with Crippen LogP contribution in [-0.2, 0) is 0 Å². The first-order valence-electron chi connectivity index (χ1n) is 7.73. The lowest BCUT2D eigenvalue weighted by molar-refractivity contribution is -0.0716. The van der Waals surface area contributed by atoms with Crippen LogP contribution in [0.25, 0.3) is 0 Å².